The number of hydrogen-bond acceptors (Lipinski definition) is 4. The number of nitrogens with zero attached hydrogens (tertiary/aromatic N) is 2. The van der Waals surface area contributed by atoms with Crippen LogP contribution in [0.25, 0.3) is 0 Å². The Hall–Kier alpha value is -3.77. The number of nitrogens with one attached hydrogen (secondary N) is 1. The quantitative estimate of drug-likeness (QED) is 0.364. The highest BCUT2D eigenvalue weighted by atomic mass is 32.2. The Morgan fingerprint density at radius 2 is 1.85 bits per heavy atom. The fourth-order valence-corrected chi connectivity index (χ4v) is 4.71. The van der Waals surface area contributed by atoms with Gasteiger partial charge in [-0.2, -0.15) is 0 Å². The minimum atomic E-state index is -0.313. The van der Waals surface area contributed by atoms with Crippen molar-refractivity contribution in [3.8, 4) is 0 Å². The van der Waals surface area contributed by atoms with Crippen LogP contribution in [0.4, 0.5) is 10.1 Å². The van der Waals surface area contributed by atoms with E-state index in [-0.39, 0.29) is 11.7 Å². The monoisotopic (exact) mass is 453 g/mol. The normalized spacial score (nSPS) is 12.2. The molecule has 0 aliphatic carbocycles. The number of rotatable bonds is 5. The van der Waals surface area contributed by atoms with Crippen LogP contribution in [0, 0.1) is 5.82 Å². The second-order valence-electron chi connectivity index (χ2n) is 7.62. The van der Waals surface area contributed by atoms with Crippen molar-refractivity contribution in [2.24, 2.45) is 4.99 Å². The molecule has 6 heteroatoms. The molecule has 1 aliphatic rings. The average molecular weight is 454 g/mol. The van der Waals surface area contributed by atoms with Crippen molar-refractivity contribution in [2.45, 2.75) is 16.2 Å². The number of hydrogen-bond donors (Lipinski definition) is 1. The number of aliphatic imine (C=N–C) groups is 1. The molecule has 0 saturated heterocycles. The summed E-state index contributed by atoms with van der Waals surface area (Å²) in [7, 11) is 0. The summed E-state index contributed by atoms with van der Waals surface area (Å²) in [5.41, 5.74) is 4.61. The van der Waals surface area contributed by atoms with E-state index in [1.54, 1.807) is 36.3 Å². The molecule has 5 rings (SSSR count). The van der Waals surface area contributed by atoms with Crippen molar-refractivity contribution in [1.82, 2.24) is 10.3 Å². The van der Waals surface area contributed by atoms with E-state index in [0.717, 1.165) is 20.9 Å². The summed E-state index contributed by atoms with van der Waals surface area (Å²) in [6.45, 7) is 0.514. The maximum atomic E-state index is 14.0. The van der Waals surface area contributed by atoms with Crippen molar-refractivity contribution >= 4 is 29.1 Å². The summed E-state index contributed by atoms with van der Waals surface area (Å²) in [5.74, 6) is -0.470. The minimum absolute atomic E-state index is 0.157. The van der Waals surface area contributed by atoms with Crippen molar-refractivity contribution in [3.05, 3.63) is 119 Å². The lowest BCUT2D eigenvalue weighted by molar-refractivity contribution is 0.0954. The molecule has 0 radical (unpaired) electrons. The van der Waals surface area contributed by atoms with Crippen LogP contribution in [0.15, 0.2) is 106 Å². The van der Waals surface area contributed by atoms with Crippen LogP contribution in [0.5, 0.6) is 0 Å². The van der Waals surface area contributed by atoms with Crippen molar-refractivity contribution < 1.29 is 9.18 Å². The summed E-state index contributed by atoms with van der Waals surface area (Å²) >= 11 is 1.59. The second-order valence-corrected chi connectivity index (χ2v) is 8.70. The van der Waals surface area contributed by atoms with Crippen LogP contribution >= 0.6 is 11.8 Å². The lowest BCUT2D eigenvalue weighted by Gasteiger charge is -2.09. The smallest absolute Gasteiger partial charge is 0.251 e. The van der Waals surface area contributed by atoms with Gasteiger partial charge in [0.15, 0.2) is 0 Å². The van der Waals surface area contributed by atoms with E-state index in [9.17, 15) is 9.18 Å². The van der Waals surface area contributed by atoms with E-state index in [1.807, 2.05) is 54.6 Å². The highest BCUT2D eigenvalue weighted by Crippen LogP contribution is 2.41. The van der Waals surface area contributed by atoms with E-state index in [2.05, 4.69) is 10.3 Å². The maximum absolute atomic E-state index is 14.0. The summed E-state index contributed by atoms with van der Waals surface area (Å²) in [6.07, 6.45) is 4.23. The first-order valence-corrected chi connectivity index (χ1v) is 11.4. The SMILES string of the molecule is O=C(NCCc1cccnc1)c1ccc2c(c1)N=C(c1cccc(F)c1)c1ccccc1S2. The number of carbonyl (C=O) groups is 1. The van der Waals surface area contributed by atoms with Crippen LogP contribution in [0.1, 0.15) is 27.0 Å². The molecule has 0 bridgehead atoms. The first-order valence-electron chi connectivity index (χ1n) is 10.6. The van der Waals surface area contributed by atoms with Crippen LogP contribution in [0.3, 0.4) is 0 Å². The number of benzene rings is 3. The Kier molecular flexibility index (Phi) is 6.00. The Morgan fingerprint density at radius 3 is 2.70 bits per heavy atom. The van der Waals surface area contributed by atoms with Gasteiger partial charge in [0.2, 0.25) is 0 Å². The first kappa shape index (κ1) is 21.1. The van der Waals surface area contributed by atoms with Gasteiger partial charge in [-0.1, -0.05) is 48.2 Å². The lowest BCUT2D eigenvalue weighted by atomic mass is 10.0. The zero-order valence-electron chi connectivity index (χ0n) is 17.7. The van der Waals surface area contributed by atoms with Crippen LogP contribution in [-0.4, -0.2) is 23.1 Å². The molecule has 0 atom stereocenters. The molecular weight excluding hydrogens is 433 g/mol. The van der Waals surface area contributed by atoms with Gasteiger partial charge in [0.1, 0.15) is 5.82 Å². The molecule has 0 spiro atoms. The van der Waals surface area contributed by atoms with Crippen molar-refractivity contribution in [3.63, 3.8) is 0 Å². The highest BCUT2D eigenvalue weighted by molar-refractivity contribution is 7.99. The van der Waals surface area contributed by atoms with E-state index in [4.69, 9.17) is 4.99 Å². The zero-order chi connectivity index (χ0) is 22.6. The van der Waals surface area contributed by atoms with Crippen molar-refractivity contribution in [1.29, 1.82) is 0 Å². The molecule has 4 aromatic rings. The Bertz CT molecular complexity index is 1350. The molecule has 3 aromatic carbocycles. The molecule has 1 N–H and O–H groups in total. The zero-order valence-corrected chi connectivity index (χ0v) is 18.5. The van der Waals surface area contributed by atoms with Crippen LogP contribution < -0.4 is 5.32 Å². The molecule has 1 aliphatic heterocycles. The summed E-state index contributed by atoms with van der Waals surface area (Å²) in [4.78, 5) is 23.8. The third kappa shape index (κ3) is 4.71. The van der Waals surface area contributed by atoms with Gasteiger partial charge in [0.05, 0.1) is 11.4 Å². The molecule has 33 heavy (non-hydrogen) atoms. The molecule has 1 aromatic heterocycles. The third-order valence-electron chi connectivity index (χ3n) is 5.34. The second kappa shape index (κ2) is 9.38. The van der Waals surface area contributed by atoms with E-state index < -0.39 is 0 Å². The summed E-state index contributed by atoms with van der Waals surface area (Å²) in [5, 5.41) is 2.97. The maximum Gasteiger partial charge on any atom is 0.251 e. The van der Waals surface area contributed by atoms with Crippen molar-refractivity contribution in [2.75, 3.05) is 6.54 Å². The van der Waals surface area contributed by atoms with Crippen LogP contribution in [0.2, 0.25) is 0 Å². The number of pyridine rings is 1. The van der Waals surface area contributed by atoms with Gasteiger partial charge in [-0.25, -0.2) is 9.38 Å². The largest absolute Gasteiger partial charge is 0.352 e. The molecule has 162 valence electrons. The summed E-state index contributed by atoms with van der Waals surface area (Å²) < 4.78 is 14.0. The molecule has 2 heterocycles. The number of fused-ring (bicyclic) bond motifs is 2. The number of carbonyl (C=O) groups excluding carboxylic acids is 1. The van der Waals surface area contributed by atoms with Gasteiger partial charge in [0, 0.05) is 45.4 Å². The lowest BCUT2D eigenvalue weighted by Crippen LogP contribution is -2.25. The molecule has 0 unspecified atom stereocenters. The van der Waals surface area contributed by atoms with Gasteiger partial charge in [-0.3, -0.25) is 9.78 Å². The van der Waals surface area contributed by atoms with Gasteiger partial charge < -0.3 is 5.32 Å². The molecule has 0 saturated carbocycles. The first-order chi connectivity index (χ1) is 16.2. The van der Waals surface area contributed by atoms with E-state index >= 15 is 0 Å². The fraction of sp³-hybridized carbons (Fsp3) is 0.0741. The van der Waals surface area contributed by atoms with E-state index in [0.29, 0.717) is 35.5 Å². The fourth-order valence-electron chi connectivity index (χ4n) is 3.71. The molecule has 4 nitrogen and oxygen atoms in total. The molecule has 1 amide bonds. The Balaban J connectivity index is 1.46. The standard InChI is InChI=1S/C27H20FN3OS/c28-21-7-3-6-19(15-21)26-22-8-1-2-9-24(22)33-25-11-10-20(16-23(25)31-26)27(32)30-14-12-18-5-4-13-29-17-18/h1-11,13,15-17H,12,14H2,(H,30,32). The van der Waals surface area contributed by atoms with Gasteiger partial charge >= 0.3 is 0 Å². The molecular formula is C27H20FN3OS. The van der Waals surface area contributed by atoms with Crippen LogP contribution in [-0.2, 0) is 6.42 Å². The topological polar surface area (TPSA) is 54.4 Å². The predicted octanol–water partition coefficient (Wildman–Crippen LogP) is 5.83. The van der Waals surface area contributed by atoms with Gasteiger partial charge in [-0.15, -0.1) is 0 Å². The minimum Gasteiger partial charge on any atom is -0.352 e. The number of halogens is 1. The van der Waals surface area contributed by atoms with E-state index in [1.165, 1.54) is 12.1 Å². The predicted molar refractivity (Wildman–Crippen MR) is 129 cm³/mol. The Labute approximate surface area is 195 Å². The number of aromatic nitrogens is 1. The number of amides is 1. The summed E-state index contributed by atoms with van der Waals surface area (Å²) in [6, 6.07) is 23.8. The Morgan fingerprint density at radius 1 is 0.939 bits per heavy atom. The third-order valence-corrected chi connectivity index (χ3v) is 6.48. The highest BCUT2D eigenvalue weighted by Gasteiger charge is 2.20. The van der Waals surface area contributed by atoms with Gasteiger partial charge in [0.25, 0.3) is 5.91 Å². The average Bonchev–Trinajstić information content (AvgIpc) is 3.01. The van der Waals surface area contributed by atoms with Gasteiger partial charge in [-0.05, 0) is 54.4 Å². The molecule has 0 fully saturated rings.